The number of hydrogen-bond acceptors (Lipinski definition) is 4. The third-order valence-electron chi connectivity index (χ3n) is 3.68. The van der Waals surface area contributed by atoms with Crippen LogP contribution in [-0.2, 0) is 7.05 Å². The molecular formula is C16H16ClN3O2S. The van der Waals surface area contributed by atoms with Gasteiger partial charge in [-0.25, -0.2) is 0 Å². The van der Waals surface area contributed by atoms with E-state index in [9.17, 15) is 9.90 Å². The van der Waals surface area contributed by atoms with Crippen molar-refractivity contribution in [3.63, 3.8) is 0 Å². The normalized spacial score (nSPS) is 12.5. The molecule has 0 aliphatic rings. The number of aliphatic hydroxyl groups excluding tert-OH is 1. The van der Waals surface area contributed by atoms with E-state index in [1.807, 2.05) is 20.0 Å². The van der Waals surface area contributed by atoms with Crippen LogP contribution in [0.4, 0.5) is 0 Å². The number of fused-ring (bicyclic) bond motifs is 1. The van der Waals surface area contributed by atoms with Gasteiger partial charge in [0.2, 0.25) is 0 Å². The van der Waals surface area contributed by atoms with Gasteiger partial charge >= 0.3 is 0 Å². The number of carbonyl (C=O) groups excluding carboxylic acids is 1. The highest BCUT2D eigenvalue weighted by Gasteiger charge is 2.19. The van der Waals surface area contributed by atoms with E-state index in [2.05, 4.69) is 10.4 Å². The van der Waals surface area contributed by atoms with Gasteiger partial charge in [-0.2, -0.15) is 5.10 Å². The predicted molar refractivity (Wildman–Crippen MR) is 92.1 cm³/mol. The van der Waals surface area contributed by atoms with Crippen LogP contribution in [0, 0.1) is 6.92 Å². The number of rotatable bonds is 4. The van der Waals surface area contributed by atoms with Crippen LogP contribution in [0.25, 0.3) is 10.2 Å². The molecule has 0 fully saturated rings. The highest BCUT2D eigenvalue weighted by Crippen LogP contribution is 2.28. The average molecular weight is 350 g/mol. The standard InChI is InChI=1S/C16H16ClN3O2S/c1-9-12-7-14(23-16(12)20(2)19-9)15(22)18-13(8-21)10-3-5-11(17)6-4-10/h3-7,13,21H,8H2,1-2H3,(H,18,22). The van der Waals surface area contributed by atoms with Gasteiger partial charge in [0.25, 0.3) is 5.91 Å². The van der Waals surface area contributed by atoms with Crippen molar-refractivity contribution in [2.45, 2.75) is 13.0 Å². The van der Waals surface area contributed by atoms with Crippen LogP contribution in [0.1, 0.15) is 27.0 Å². The number of thiophene rings is 1. The van der Waals surface area contributed by atoms with Crippen molar-refractivity contribution < 1.29 is 9.90 Å². The molecule has 7 heteroatoms. The number of aryl methyl sites for hydroxylation is 2. The van der Waals surface area contributed by atoms with Crippen molar-refractivity contribution in [3.05, 3.63) is 51.5 Å². The zero-order valence-electron chi connectivity index (χ0n) is 12.7. The average Bonchev–Trinajstić information content (AvgIpc) is 3.08. The molecule has 2 N–H and O–H groups in total. The van der Waals surface area contributed by atoms with E-state index in [0.29, 0.717) is 9.90 Å². The van der Waals surface area contributed by atoms with Crippen LogP contribution < -0.4 is 5.32 Å². The number of carbonyl (C=O) groups is 1. The van der Waals surface area contributed by atoms with Crippen LogP contribution in [0.5, 0.6) is 0 Å². The third-order valence-corrected chi connectivity index (χ3v) is 5.13. The monoisotopic (exact) mass is 349 g/mol. The minimum absolute atomic E-state index is 0.182. The summed E-state index contributed by atoms with van der Waals surface area (Å²) in [6.45, 7) is 1.74. The van der Waals surface area contributed by atoms with E-state index in [1.54, 1.807) is 28.9 Å². The van der Waals surface area contributed by atoms with E-state index in [-0.39, 0.29) is 12.5 Å². The van der Waals surface area contributed by atoms with Crippen LogP contribution in [0.3, 0.4) is 0 Å². The Balaban J connectivity index is 1.83. The fourth-order valence-corrected chi connectivity index (χ4v) is 3.63. The highest BCUT2D eigenvalue weighted by atomic mass is 35.5. The molecule has 1 amide bonds. The Kier molecular flexibility index (Phi) is 4.39. The lowest BCUT2D eigenvalue weighted by atomic mass is 10.1. The van der Waals surface area contributed by atoms with Crippen molar-refractivity contribution >= 4 is 39.1 Å². The molecule has 0 radical (unpaired) electrons. The summed E-state index contributed by atoms with van der Waals surface area (Å²) < 4.78 is 1.77. The van der Waals surface area contributed by atoms with Crippen LogP contribution in [0.15, 0.2) is 30.3 Å². The predicted octanol–water partition coefficient (Wildman–Crippen LogP) is 3.06. The summed E-state index contributed by atoms with van der Waals surface area (Å²) in [5.74, 6) is -0.209. The molecule has 0 aliphatic heterocycles. The number of nitrogens with one attached hydrogen (secondary N) is 1. The molecule has 3 rings (SSSR count). The first-order chi connectivity index (χ1) is 11.0. The van der Waals surface area contributed by atoms with Gasteiger partial charge in [-0.05, 0) is 30.7 Å². The number of hydrogen-bond donors (Lipinski definition) is 2. The number of halogens is 1. The molecule has 1 atom stereocenters. The highest BCUT2D eigenvalue weighted by molar-refractivity contribution is 7.20. The van der Waals surface area contributed by atoms with Gasteiger partial charge in [-0.15, -0.1) is 11.3 Å². The lowest BCUT2D eigenvalue weighted by Gasteiger charge is -2.16. The maximum absolute atomic E-state index is 12.5. The molecule has 0 saturated carbocycles. The van der Waals surface area contributed by atoms with Crippen molar-refractivity contribution in [1.29, 1.82) is 0 Å². The Bertz CT molecular complexity index is 820. The second kappa shape index (κ2) is 6.31. The first-order valence-corrected chi connectivity index (χ1v) is 8.29. The number of aliphatic hydroxyl groups is 1. The lowest BCUT2D eigenvalue weighted by molar-refractivity contribution is 0.0920. The summed E-state index contributed by atoms with van der Waals surface area (Å²) in [7, 11) is 1.86. The number of aromatic nitrogens is 2. The smallest absolute Gasteiger partial charge is 0.262 e. The molecule has 0 spiro atoms. The number of nitrogens with zero attached hydrogens (tertiary/aromatic N) is 2. The van der Waals surface area contributed by atoms with E-state index in [4.69, 9.17) is 11.6 Å². The Morgan fingerprint density at radius 2 is 2.13 bits per heavy atom. The fourth-order valence-electron chi connectivity index (χ4n) is 2.48. The quantitative estimate of drug-likeness (QED) is 0.760. The summed E-state index contributed by atoms with van der Waals surface area (Å²) in [6.07, 6.45) is 0. The molecule has 5 nitrogen and oxygen atoms in total. The first kappa shape index (κ1) is 16.0. The Hall–Kier alpha value is -1.89. The van der Waals surface area contributed by atoms with Crippen molar-refractivity contribution in [2.24, 2.45) is 7.05 Å². The molecule has 0 bridgehead atoms. The molecule has 2 aromatic heterocycles. The molecule has 1 unspecified atom stereocenters. The molecule has 1 aromatic carbocycles. The molecule has 3 aromatic rings. The minimum Gasteiger partial charge on any atom is -0.394 e. The maximum atomic E-state index is 12.5. The molecule has 120 valence electrons. The summed E-state index contributed by atoms with van der Waals surface area (Å²) in [6, 6.07) is 8.43. The fraction of sp³-hybridized carbons (Fsp3) is 0.250. The summed E-state index contributed by atoms with van der Waals surface area (Å²) in [5.41, 5.74) is 1.71. The van der Waals surface area contributed by atoms with E-state index < -0.39 is 6.04 Å². The Morgan fingerprint density at radius 1 is 1.43 bits per heavy atom. The second-order valence-electron chi connectivity index (χ2n) is 5.30. The Labute approximate surface area is 142 Å². The van der Waals surface area contributed by atoms with Crippen LogP contribution >= 0.6 is 22.9 Å². The van der Waals surface area contributed by atoms with Gasteiger partial charge in [0.05, 0.1) is 23.2 Å². The van der Waals surface area contributed by atoms with Crippen molar-refractivity contribution in [3.8, 4) is 0 Å². The van der Waals surface area contributed by atoms with E-state index in [1.165, 1.54) is 11.3 Å². The molecule has 2 heterocycles. The van der Waals surface area contributed by atoms with Crippen LogP contribution in [0.2, 0.25) is 5.02 Å². The maximum Gasteiger partial charge on any atom is 0.262 e. The molecule has 0 saturated heterocycles. The zero-order valence-corrected chi connectivity index (χ0v) is 14.3. The third kappa shape index (κ3) is 3.10. The second-order valence-corrected chi connectivity index (χ2v) is 6.77. The largest absolute Gasteiger partial charge is 0.394 e. The topological polar surface area (TPSA) is 67.2 Å². The van der Waals surface area contributed by atoms with E-state index in [0.717, 1.165) is 21.5 Å². The minimum atomic E-state index is -0.468. The molecule has 23 heavy (non-hydrogen) atoms. The van der Waals surface area contributed by atoms with Crippen LogP contribution in [-0.4, -0.2) is 27.4 Å². The zero-order chi connectivity index (χ0) is 16.6. The van der Waals surface area contributed by atoms with Gasteiger partial charge in [-0.3, -0.25) is 9.48 Å². The number of benzene rings is 1. The van der Waals surface area contributed by atoms with Gasteiger partial charge in [-0.1, -0.05) is 23.7 Å². The van der Waals surface area contributed by atoms with Crippen molar-refractivity contribution in [2.75, 3.05) is 6.61 Å². The summed E-state index contributed by atoms with van der Waals surface area (Å²) in [5, 5.41) is 18.4. The molecule has 0 aliphatic carbocycles. The lowest BCUT2D eigenvalue weighted by Crippen LogP contribution is -2.30. The van der Waals surface area contributed by atoms with Gasteiger partial charge in [0, 0.05) is 17.5 Å². The SMILES string of the molecule is Cc1nn(C)c2sc(C(=O)NC(CO)c3ccc(Cl)cc3)cc12. The van der Waals surface area contributed by atoms with Gasteiger partial charge in [0.15, 0.2) is 0 Å². The number of amides is 1. The van der Waals surface area contributed by atoms with Gasteiger partial charge < -0.3 is 10.4 Å². The summed E-state index contributed by atoms with van der Waals surface area (Å²) in [4.78, 5) is 14.0. The van der Waals surface area contributed by atoms with E-state index >= 15 is 0 Å². The van der Waals surface area contributed by atoms with Gasteiger partial charge in [0.1, 0.15) is 4.83 Å². The van der Waals surface area contributed by atoms with Crippen molar-refractivity contribution in [1.82, 2.24) is 15.1 Å². The Morgan fingerprint density at radius 3 is 2.74 bits per heavy atom. The first-order valence-electron chi connectivity index (χ1n) is 7.10. The summed E-state index contributed by atoms with van der Waals surface area (Å²) >= 11 is 7.26. The molecular weight excluding hydrogens is 334 g/mol.